The molecule has 1 atom stereocenters. The third kappa shape index (κ3) is 1.97. The Hall–Kier alpha value is -1.31. The molecule has 0 spiro atoms. The predicted molar refractivity (Wildman–Crippen MR) is 67.1 cm³/mol. The Bertz CT molecular complexity index is 411. The molecule has 0 aliphatic carbocycles. The van der Waals surface area contributed by atoms with Crippen LogP contribution in [0.5, 0.6) is 0 Å². The molecule has 0 fully saturated rings. The van der Waals surface area contributed by atoms with Crippen molar-refractivity contribution < 1.29 is 4.79 Å². The van der Waals surface area contributed by atoms with Gasteiger partial charge in [0.05, 0.1) is 0 Å². The summed E-state index contributed by atoms with van der Waals surface area (Å²) >= 11 is 0. The fraction of sp³-hybridized carbons (Fsp3) is 0.500. The Morgan fingerprint density at radius 1 is 1.50 bits per heavy atom. The fourth-order valence-electron chi connectivity index (χ4n) is 2.51. The van der Waals surface area contributed by atoms with Gasteiger partial charge in [-0.25, -0.2) is 0 Å². The van der Waals surface area contributed by atoms with Crippen molar-refractivity contribution in [2.24, 2.45) is 0 Å². The molecule has 16 heavy (non-hydrogen) atoms. The van der Waals surface area contributed by atoms with E-state index in [1.807, 2.05) is 0 Å². The van der Waals surface area contributed by atoms with Crippen molar-refractivity contribution in [3.63, 3.8) is 0 Å². The van der Waals surface area contributed by atoms with Crippen LogP contribution in [0.2, 0.25) is 0 Å². The van der Waals surface area contributed by atoms with Gasteiger partial charge in [0.2, 0.25) is 0 Å². The summed E-state index contributed by atoms with van der Waals surface area (Å²) in [4.78, 5) is 13.5. The summed E-state index contributed by atoms with van der Waals surface area (Å²) in [6, 6.07) is 6.46. The fourth-order valence-corrected chi connectivity index (χ4v) is 2.51. The van der Waals surface area contributed by atoms with E-state index in [2.05, 4.69) is 36.9 Å². The highest BCUT2D eigenvalue weighted by molar-refractivity contribution is 5.78. The number of anilines is 1. The first kappa shape index (κ1) is 11.2. The van der Waals surface area contributed by atoms with Crippen LogP contribution in [0.15, 0.2) is 18.2 Å². The van der Waals surface area contributed by atoms with Gasteiger partial charge in [-0.15, -0.1) is 0 Å². The van der Waals surface area contributed by atoms with E-state index in [-0.39, 0.29) is 5.78 Å². The second kappa shape index (κ2) is 4.28. The monoisotopic (exact) mass is 217 g/mol. The summed E-state index contributed by atoms with van der Waals surface area (Å²) in [7, 11) is 0. The van der Waals surface area contributed by atoms with Crippen molar-refractivity contribution in [1.82, 2.24) is 0 Å². The van der Waals surface area contributed by atoms with Crippen LogP contribution in [0.1, 0.15) is 37.8 Å². The second-order valence-electron chi connectivity index (χ2n) is 4.71. The van der Waals surface area contributed by atoms with Crippen LogP contribution in [-0.2, 0) is 11.2 Å². The summed E-state index contributed by atoms with van der Waals surface area (Å²) in [6.07, 6.45) is 0.562. The minimum absolute atomic E-state index is 0.234. The largest absolute Gasteiger partial charge is 0.371 e. The molecule has 2 heteroatoms. The molecule has 0 aromatic heterocycles. The number of hydrogen-bond acceptors (Lipinski definition) is 2. The van der Waals surface area contributed by atoms with Gasteiger partial charge in [0.1, 0.15) is 5.78 Å². The van der Waals surface area contributed by atoms with Crippen LogP contribution in [0.4, 0.5) is 5.69 Å². The van der Waals surface area contributed by atoms with E-state index in [4.69, 9.17) is 0 Å². The van der Waals surface area contributed by atoms with Crippen molar-refractivity contribution in [2.45, 2.75) is 33.1 Å². The van der Waals surface area contributed by atoms with Gasteiger partial charge in [-0.3, -0.25) is 4.79 Å². The Balaban J connectivity index is 2.32. The molecule has 86 valence electrons. The minimum atomic E-state index is 0.234. The normalized spacial score (nSPS) is 18.7. The van der Waals surface area contributed by atoms with Gasteiger partial charge in [0.15, 0.2) is 0 Å². The molecule has 0 bridgehead atoms. The van der Waals surface area contributed by atoms with Crippen molar-refractivity contribution >= 4 is 11.5 Å². The molecule has 1 aliphatic rings. The van der Waals surface area contributed by atoms with E-state index in [0.717, 1.165) is 18.7 Å². The molecule has 0 radical (unpaired) electrons. The van der Waals surface area contributed by atoms with Crippen LogP contribution in [0, 0.1) is 0 Å². The van der Waals surface area contributed by atoms with Gasteiger partial charge in [0, 0.05) is 31.1 Å². The lowest BCUT2D eigenvalue weighted by molar-refractivity contribution is -0.116. The summed E-state index contributed by atoms with van der Waals surface area (Å²) in [5.74, 6) is 0.819. The van der Waals surface area contributed by atoms with E-state index in [1.165, 1.54) is 11.3 Å². The SMILES string of the molecule is CCN1CC(C)c2cc(CC(C)=O)ccc21. The minimum Gasteiger partial charge on any atom is -0.371 e. The lowest BCUT2D eigenvalue weighted by Gasteiger charge is -2.16. The number of carbonyl (C=O) groups is 1. The number of likely N-dealkylation sites (N-methyl/N-ethyl adjacent to an activating group) is 1. The first-order valence-electron chi connectivity index (χ1n) is 5.99. The molecule has 2 rings (SSSR count). The lowest BCUT2D eigenvalue weighted by Crippen LogP contribution is -2.20. The lowest BCUT2D eigenvalue weighted by atomic mass is 9.99. The van der Waals surface area contributed by atoms with Crippen molar-refractivity contribution in [2.75, 3.05) is 18.0 Å². The zero-order valence-electron chi connectivity index (χ0n) is 10.3. The summed E-state index contributed by atoms with van der Waals surface area (Å²) in [6.45, 7) is 8.26. The van der Waals surface area contributed by atoms with Crippen LogP contribution in [0.25, 0.3) is 0 Å². The molecule has 0 N–H and O–H groups in total. The van der Waals surface area contributed by atoms with Crippen LogP contribution in [-0.4, -0.2) is 18.9 Å². The third-order valence-corrected chi connectivity index (χ3v) is 3.29. The first-order valence-corrected chi connectivity index (χ1v) is 5.99. The van der Waals surface area contributed by atoms with E-state index in [9.17, 15) is 4.79 Å². The van der Waals surface area contributed by atoms with E-state index >= 15 is 0 Å². The Labute approximate surface area is 97.3 Å². The number of ketones is 1. The molecule has 2 nitrogen and oxygen atoms in total. The highest BCUT2D eigenvalue weighted by atomic mass is 16.1. The predicted octanol–water partition coefficient (Wildman–Crippen LogP) is 2.76. The van der Waals surface area contributed by atoms with Gasteiger partial charge < -0.3 is 4.90 Å². The zero-order valence-corrected chi connectivity index (χ0v) is 10.3. The molecular weight excluding hydrogens is 198 g/mol. The third-order valence-electron chi connectivity index (χ3n) is 3.29. The maximum Gasteiger partial charge on any atom is 0.134 e. The number of Topliss-reactive ketones (excluding diaryl/α,β-unsaturated/α-hetero) is 1. The molecule has 1 aromatic rings. The number of fused-ring (bicyclic) bond motifs is 1. The van der Waals surface area contributed by atoms with Crippen molar-refractivity contribution in [3.05, 3.63) is 29.3 Å². The number of benzene rings is 1. The topological polar surface area (TPSA) is 20.3 Å². The molecule has 1 aromatic carbocycles. The molecule has 1 heterocycles. The molecule has 1 unspecified atom stereocenters. The molecule has 0 amide bonds. The van der Waals surface area contributed by atoms with Crippen molar-refractivity contribution in [3.8, 4) is 0 Å². The quantitative estimate of drug-likeness (QED) is 0.776. The van der Waals surface area contributed by atoms with Gasteiger partial charge in [-0.1, -0.05) is 19.1 Å². The van der Waals surface area contributed by atoms with Gasteiger partial charge >= 0.3 is 0 Å². The number of rotatable bonds is 3. The number of nitrogens with zero attached hydrogens (tertiary/aromatic N) is 1. The van der Waals surface area contributed by atoms with Crippen LogP contribution < -0.4 is 4.90 Å². The van der Waals surface area contributed by atoms with E-state index in [1.54, 1.807) is 6.92 Å². The first-order chi connectivity index (χ1) is 7.61. The highest BCUT2D eigenvalue weighted by Gasteiger charge is 2.24. The maximum atomic E-state index is 11.1. The smallest absolute Gasteiger partial charge is 0.134 e. The molecule has 0 saturated heterocycles. The Kier molecular flexibility index (Phi) is 2.99. The zero-order chi connectivity index (χ0) is 11.7. The standard InChI is InChI=1S/C14H19NO/c1-4-15-9-10(2)13-8-12(7-11(3)16)5-6-14(13)15/h5-6,8,10H,4,7,9H2,1-3H3. The van der Waals surface area contributed by atoms with E-state index < -0.39 is 0 Å². The Morgan fingerprint density at radius 2 is 2.25 bits per heavy atom. The summed E-state index contributed by atoms with van der Waals surface area (Å²) < 4.78 is 0. The molecule has 0 saturated carbocycles. The highest BCUT2D eigenvalue weighted by Crippen LogP contribution is 2.36. The Morgan fingerprint density at radius 3 is 2.88 bits per heavy atom. The van der Waals surface area contributed by atoms with Gasteiger partial charge in [0.25, 0.3) is 0 Å². The van der Waals surface area contributed by atoms with Crippen molar-refractivity contribution in [1.29, 1.82) is 0 Å². The second-order valence-corrected chi connectivity index (χ2v) is 4.71. The molecular formula is C14H19NO. The summed E-state index contributed by atoms with van der Waals surface area (Å²) in [5.41, 5.74) is 3.90. The summed E-state index contributed by atoms with van der Waals surface area (Å²) in [5, 5.41) is 0. The maximum absolute atomic E-state index is 11.1. The molecule has 1 aliphatic heterocycles. The van der Waals surface area contributed by atoms with Gasteiger partial charge in [-0.2, -0.15) is 0 Å². The van der Waals surface area contributed by atoms with Gasteiger partial charge in [-0.05, 0) is 31.0 Å². The van der Waals surface area contributed by atoms with Crippen LogP contribution in [0.3, 0.4) is 0 Å². The average Bonchev–Trinajstić information content (AvgIpc) is 2.55. The number of carbonyl (C=O) groups excluding carboxylic acids is 1. The number of hydrogen-bond donors (Lipinski definition) is 0. The van der Waals surface area contributed by atoms with Crippen LogP contribution >= 0.6 is 0 Å². The van der Waals surface area contributed by atoms with E-state index in [0.29, 0.717) is 12.3 Å². The average molecular weight is 217 g/mol.